The van der Waals surface area contributed by atoms with Gasteiger partial charge in [-0.3, -0.25) is 4.79 Å². The highest BCUT2D eigenvalue weighted by Crippen LogP contribution is 2.42. The zero-order chi connectivity index (χ0) is 21.8. The Hall–Kier alpha value is -2.48. The minimum absolute atomic E-state index is 0.0224. The number of primary sulfonamides is 1. The van der Waals surface area contributed by atoms with Crippen molar-refractivity contribution in [2.45, 2.75) is 24.7 Å². The first kappa shape index (κ1) is 20.8. The van der Waals surface area contributed by atoms with E-state index in [1.54, 1.807) is 19.2 Å². The van der Waals surface area contributed by atoms with Gasteiger partial charge in [-0.1, -0.05) is 29.8 Å². The maximum absolute atomic E-state index is 14.6. The fraction of sp³-hybridized carbons (Fsp3) is 0.227. The summed E-state index contributed by atoms with van der Waals surface area (Å²) in [5.41, 5.74) is 3.98. The van der Waals surface area contributed by atoms with Gasteiger partial charge in [0.05, 0.1) is 11.4 Å². The van der Waals surface area contributed by atoms with E-state index in [9.17, 15) is 17.6 Å². The van der Waals surface area contributed by atoms with Crippen LogP contribution >= 0.6 is 11.6 Å². The lowest BCUT2D eigenvalue weighted by molar-refractivity contribution is 0.0967. The van der Waals surface area contributed by atoms with Gasteiger partial charge in [0.25, 0.3) is 0 Å². The Kier molecular flexibility index (Phi) is 5.08. The van der Waals surface area contributed by atoms with Crippen molar-refractivity contribution >= 4 is 27.4 Å². The molecule has 0 unspecified atom stereocenters. The molecule has 1 aliphatic carbocycles. The van der Waals surface area contributed by atoms with Crippen LogP contribution < -0.4 is 5.14 Å². The third kappa shape index (κ3) is 3.57. The molecular formula is C22H20ClFN2O3S. The molecule has 5 nitrogen and oxygen atoms in total. The fourth-order valence-corrected chi connectivity index (χ4v) is 4.63. The summed E-state index contributed by atoms with van der Waals surface area (Å²) in [4.78, 5) is 12.6. The Balaban J connectivity index is 1.97. The number of ketones is 1. The van der Waals surface area contributed by atoms with Gasteiger partial charge < -0.3 is 4.57 Å². The summed E-state index contributed by atoms with van der Waals surface area (Å²) in [5.74, 6) is -0.961. The number of aromatic nitrogens is 1. The SMILES string of the molecule is Cc1c(C(=O)C2CC2)c(-c2ccc(S(N)(=O)=O)c(F)c2)n(C)c1-c1ccc(Cl)cc1. The first-order valence-electron chi connectivity index (χ1n) is 9.41. The van der Waals surface area contributed by atoms with Crippen LogP contribution in [0.5, 0.6) is 0 Å². The molecule has 1 saturated carbocycles. The normalized spacial score (nSPS) is 14.2. The molecule has 2 aromatic carbocycles. The molecule has 0 aliphatic heterocycles. The van der Waals surface area contributed by atoms with E-state index in [1.165, 1.54) is 6.07 Å². The number of nitrogens with zero attached hydrogens (tertiary/aromatic N) is 1. The van der Waals surface area contributed by atoms with Crippen LogP contribution in [0, 0.1) is 18.7 Å². The summed E-state index contributed by atoms with van der Waals surface area (Å²) in [6.45, 7) is 1.87. The zero-order valence-electron chi connectivity index (χ0n) is 16.4. The Bertz CT molecular complexity index is 1280. The monoisotopic (exact) mass is 446 g/mol. The lowest BCUT2D eigenvalue weighted by Gasteiger charge is -2.11. The van der Waals surface area contributed by atoms with Gasteiger partial charge in [-0.15, -0.1) is 0 Å². The van der Waals surface area contributed by atoms with Crippen molar-refractivity contribution < 1.29 is 17.6 Å². The van der Waals surface area contributed by atoms with Gasteiger partial charge in [0.1, 0.15) is 10.7 Å². The largest absolute Gasteiger partial charge is 0.343 e. The van der Waals surface area contributed by atoms with Crippen molar-refractivity contribution in [2.24, 2.45) is 18.1 Å². The highest BCUT2D eigenvalue weighted by atomic mass is 35.5. The lowest BCUT2D eigenvalue weighted by atomic mass is 9.97. The summed E-state index contributed by atoms with van der Waals surface area (Å²) >= 11 is 6.02. The summed E-state index contributed by atoms with van der Waals surface area (Å²) in [6.07, 6.45) is 1.67. The maximum Gasteiger partial charge on any atom is 0.240 e. The number of carbonyl (C=O) groups is 1. The predicted molar refractivity (Wildman–Crippen MR) is 114 cm³/mol. The van der Waals surface area contributed by atoms with E-state index in [2.05, 4.69) is 0 Å². The number of benzene rings is 2. The number of hydrogen-bond donors (Lipinski definition) is 1. The van der Waals surface area contributed by atoms with Gasteiger partial charge in [-0.05, 0) is 55.2 Å². The van der Waals surface area contributed by atoms with E-state index >= 15 is 0 Å². The highest BCUT2D eigenvalue weighted by Gasteiger charge is 2.35. The van der Waals surface area contributed by atoms with E-state index in [-0.39, 0.29) is 11.7 Å². The number of hydrogen-bond acceptors (Lipinski definition) is 3. The van der Waals surface area contributed by atoms with Crippen LogP contribution in [0.4, 0.5) is 4.39 Å². The molecule has 0 radical (unpaired) electrons. The zero-order valence-corrected chi connectivity index (χ0v) is 18.0. The second-order valence-corrected chi connectivity index (χ2v) is 9.56. The average molecular weight is 447 g/mol. The molecule has 1 fully saturated rings. The average Bonchev–Trinajstić information content (AvgIpc) is 3.47. The van der Waals surface area contributed by atoms with Gasteiger partial charge in [0, 0.05) is 29.1 Å². The van der Waals surface area contributed by atoms with Gasteiger partial charge in [-0.2, -0.15) is 0 Å². The van der Waals surface area contributed by atoms with Crippen molar-refractivity contribution in [3.63, 3.8) is 0 Å². The molecule has 8 heteroatoms. The predicted octanol–water partition coefficient (Wildman–Crippen LogP) is 4.70. The molecule has 1 heterocycles. The standard InChI is InChI=1S/C22H20ClFN2O3S/c1-12-19(22(27)14-3-4-14)21(15-7-10-18(17(24)11-15)30(25,28)29)26(2)20(12)13-5-8-16(23)9-6-13/h5-11,14H,3-4H2,1-2H3,(H2,25,28,29). The summed E-state index contributed by atoms with van der Waals surface area (Å²) in [5, 5.41) is 5.68. The molecule has 0 atom stereocenters. The second-order valence-electron chi connectivity index (χ2n) is 7.59. The summed E-state index contributed by atoms with van der Waals surface area (Å²) in [7, 11) is -2.38. The van der Waals surface area contributed by atoms with E-state index < -0.39 is 20.7 Å². The summed E-state index contributed by atoms with van der Waals surface area (Å²) in [6, 6.07) is 11.0. The highest BCUT2D eigenvalue weighted by molar-refractivity contribution is 7.89. The molecule has 1 aromatic heterocycles. The maximum atomic E-state index is 14.6. The van der Waals surface area contributed by atoms with Crippen LogP contribution in [0.1, 0.15) is 28.8 Å². The minimum Gasteiger partial charge on any atom is -0.343 e. The molecular weight excluding hydrogens is 427 g/mol. The van der Waals surface area contributed by atoms with Crippen LogP contribution in [-0.4, -0.2) is 18.8 Å². The number of Topliss-reactive ketones (excluding diaryl/α,β-unsaturated/α-hetero) is 1. The number of rotatable bonds is 5. The minimum atomic E-state index is -4.18. The first-order chi connectivity index (χ1) is 14.1. The number of halogens is 2. The topological polar surface area (TPSA) is 82.2 Å². The third-order valence-corrected chi connectivity index (χ3v) is 6.66. The van der Waals surface area contributed by atoms with E-state index in [0.717, 1.165) is 41.8 Å². The first-order valence-corrected chi connectivity index (χ1v) is 11.3. The van der Waals surface area contributed by atoms with Crippen molar-refractivity contribution in [3.05, 3.63) is 64.4 Å². The van der Waals surface area contributed by atoms with Crippen LogP contribution in [0.25, 0.3) is 22.5 Å². The van der Waals surface area contributed by atoms with Crippen LogP contribution in [0.15, 0.2) is 47.4 Å². The fourth-order valence-electron chi connectivity index (χ4n) is 3.91. The molecule has 3 aromatic rings. The van der Waals surface area contributed by atoms with Crippen LogP contribution in [0.3, 0.4) is 0 Å². The molecule has 0 saturated heterocycles. The molecule has 0 amide bonds. The summed E-state index contributed by atoms with van der Waals surface area (Å²) < 4.78 is 39.6. The molecule has 156 valence electrons. The van der Waals surface area contributed by atoms with Gasteiger partial charge in [0.2, 0.25) is 10.0 Å². The van der Waals surface area contributed by atoms with E-state index in [4.69, 9.17) is 16.7 Å². The second kappa shape index (κ2) is 7.34. The Morgan fingerprint density at radius 3 is 2.23 bits per heavy atom. The number of nitrogens with two attached hydrogens (primary N) is 1. The Morgan fingerprint density at radius 1 is 1.10 bits per heavy atom. The van der Waals surface area contributed by atoms with Crippen molar-refractivity contribution in [1.29, 1.82) is 0 Å². The van der Waals surface area contributed by atoms with Crippen molar-refractivity contribution in [2.75, 3.05) is 0 Å². The van der Waals surface area contributed by atoms with Crippen LogP contribution in [-0.2, 0) is 17.1 Å². The van der Waals surface area contributed by atoms with E-state index in [1.807, 2.05) is 23.6 Å². The molecule has 0 spiro atoms. The van der Waals surface area contributed by atoms with Crippen LogP contribution in [0.2, 0.25) is 5.02 Å². The smallest absolute Gasteiger partial charge is 0.240 e. The quantitative estimate of drug-likeness (QED) is 0.576. The van der Waals surface area contributed by atoms with Gasteiger partial charge in [-0.25, -0.2) is 17.9 Å². The number of carbonyl (C=O) groups excluding carboxylic acids is 1. The lowest BCUT2D eigenvalue weighted by Crippen LogP contribution is -2.14. The molecule has 0 bridgehead atoms. The molecule has 30 heavy (non-hydrogen) atoms. The number of sulfonamides is 1. The van der Waals surface area contributed by atoms with Gasteiger partial charge >= 0.3 is 0 Å². The molecule has 4 rings (SSSR count). The third-order valence-electron chi connectivity index (χ3n) is 5.46. The van der Waals surface area contributed by atoms with Crippen molar-refractivity contribution in [3.8, 4) is 22.5 Å². The van der Waals surface area contributed by atoms with E-state index in [0.29, 0.717) is 21.8 Å². The van der Waals surface area contributed by atoms with Crippen molar-refractivity contribution in [1.82, 2.24) is 4.57 Å². The molecule has 1 aliphatic rings. The molecule has 2 N–H and O–H groups in total. The Labute approximate surface area is 179 Å². The Morgan fingerprint density at radius 2 is 1.70 bits per heavy atom. The van der Waals surface area contributed by atoms with Gasteiger partial charge in [0.15, 0.2) is 5.78 Å².